The molecule has 0 radical (unpaired) electrons. The summed E-state index contributed by atoms with van der Waals surface area (Å²) < 4.78 is 15.3. The lowest BCUT2D eigenvalue weighted by Gasteiger charge is -2.28. The predicted octanol–water partition coefficient (Wildman–Crippen LogP) is 3.32. The minimum Gasteiger partial charge on any atom is -0.337 e. The minimum atomic E-state index is -2.44. The SMILES string of the molecule is C=S(=O)(C1=CCC(CNC(=O)N2Cc3ccncc3C2)C=C1)N(CCC)CCC. The number of hydrogen-bond donors (Lipinski definition) is 1. The molecule has 29 heavy (non-hydrogen) atoms. The molecule has 3 rings (SSSR count). The Hall–Kier alpha value is -2.12. The number of nitrogens with one attached hydrogen (secondary N) is 1. The number of nitrogens with zero attached hydrogens (tertiary/aromatic N) is 3. The van der Waals surface area contributed by atoms with Crippen LogP contribution in [0.1, 0.15) is 44.2 Å². The van der Waals surface area contributed by atoms with E-state index < -0.39 is 9.71 Å². The standard InChI is InChI=1S/C22H32N4O2S/c1-4-12-26(13-5-2)29(3,28)21-8-6-18(7-9-21)14-24-22(27)25-16-19-10-11-23-15-20(19)17-25/h6,8-11,15,18H,3-5,7,12-14,16-17H2,1-2H3,(H,24,27). The summed E-state index contributed by atoms with van der Waals surface area (Å²) in [5, 5.41) is 3.03. The van der Waals surface area contributed by atoms with Crippen LogP contribution in [0.25, 0.3) is 0 Å². The third-order valence-electron chi connectivity index (χ3n) is 5.42. The Morgan fingerprint density at radius 3 is 2.66 bits per heavy atom. The van der Waals surface area contributed by atoms with Crippen molar-refractivity contribution in [1.29, 1.82) is 0 Å². The van der Waals surface area contributed by atoms with Gasteiger partial charge in [-0.05, 0) is 54.3 Å². The Bertz CT molecular complexity index is 861. The second-order valence-corrected chi connectivity index (χ2v) is 9.99. The highest BCUT2D eigenvalue weighted by Gasteiger charge is 2.24. The van der Waals surface area contributed by atoms with Crippen LogP contribution in [0.4, 0.5) is 4.79 Å². The normalized spacial score (nSPS) is 20.3. The van der Waals surface area contributed by atoms with Crippen molar-refractivity contribution < 1.29 is 9.00 Å². The fourth-order valence-corrected chi connectivity index (χ4v) is 5.68. The van der Waals surface area contributed by atoms with Crippen LogP contribution in [-0.4, -0.2) is 49.9 Å². The molecule has 0 saturated heterocycles. The molecule has 2 unspecified atom stereocenters. The maximum absolute atomic E-state index is 13.3. The molecule has 2 heterocycles. The van der Waals surface area contributed by atoms with E-state index in [1.54, 1.807) is 11.1 Å². The topological polar surface area (TPSA) is 65.5 Å². The molecular formula is C22H32N4O2S. The number of carbonyl (C=O) groups is 1. The van der Waals surface area contributed by atoms with Crippen molar-refractivity contribution in [2.75, 3.05) is 19.6 Å². The third-order valence-corrected chi connectivity index (χ3v) is 7.65. The number of amides is 2. The molecule has 2 aliphatic rings. The molecule has 0 bridgehead atoms. The molecule has 6 nitrogen and oxygen atoms in total. The van der Waals surface area contributed by atoms with Gasteiger partial charge in [0.2, 0.25) is 0 Å². The molecule has 2 amide bonds. The number of carbonyl (C=O) groups excluding carboxylic acids is 1. The van der Waals surface area contributed by atoms with Crippen LogP contribution in [0.2, 0.25) is 0 Å². The Morgan fingerprint density at radius 2 is 2.03 bits per heavy atom. The van der Waals surface area contributed by atoms with Gasteiger partial charge in [-0.3, -0.25) is 4.98 Å². The van der Waals surface area contributed by atoms with E-state index >= 15 is 0 Å². The van der Waals surface area contributed by atoms with Crippen LogP contribution in [0.15, 0.2) is 41.6 Å². The van der Waals surface area contributed by atoms with Crippen molar-refractivity contribution in [2.45, 2.75) is 46.2 Å². The molecule has 1 aliphatic carbocycles. The first-order valence-corrected chi connectivity index (χ1v) is 12.1. The van der Waals surface area contributed by atoms with Gasteiger partial charge in [0.05, 0.1) is 9.71 Å². The zero-order valence-electron chi connectivity index (χ0n) is 17.5. The molecule has 0 aromatic carbocycles. The van der Waals surface area contributed by atoms with Gasteiger partial charge in [0.1, 0.15) is 0 Å². The summed E-state index contributed by atoms with van der Waals surface area (Å²) in [6.07, 6.45) is 12.3. The minimum absolute atomic E-state index is 0.0533. The van der Waals surface area contributed by atoms with Gasteiger partial charge in [0.25, 0.3) is 0 Å². The van der Waals surface area contributed by atoms with Crippen molar-refractivity contribution in [3.8, 4) is 0 Å². The lowest BCUT2D eigenvalue weighted by molar-refractivity contribution is 0.197. The molecule has 1 aromatic heterocycles. The summed E-state index contributed by atoms with van der Waals surface area (Å²) in [5.41, 5.74) is 2.27. The molecule has 2 atom stereocenters. The largest absolute Gasteiger partial charge is 0.337 e. The first-order chi connectivity index (χ1) is 14.0. The van der Waals surface area contributed by atoms with Crippen LogP contribution >= 0.6 is 0 Å². The molecule has 158 valence electrons. The number of urea groups is 1. The van der Waals surface area contributed by atoms with Crippen LogP contribution in [0.5, 0.6) is 0 Å². The summed E-state index contributed by atoms with van der Waals surface area (Å²) in [5.74, 6) is 4.26. The van der Waals surface area contributed by atoms with Crippen molar-refractivity contribution in [2.24, 2.45) is 5.92 Å². The number of rotatable bonds is 8. The Balaban J connectivity index is 1.51. The third kappa shape index (κ3) is 5.08. The maximum atomic E-state index is 13.3. The Kier molecular flexibility index (Phi) is 7.14. The van der Waals surface area contributed by atoms with E-state index in [1.807, 2.05) is 28.7 Å². The predicted molar refractivity (Wildman–Crippen MR) is 120 cm³/mol. The first-order valence-electron chi connectivity index (χ1n) is 10.4. The highest BCUT2D eigenvalue weighted by molar-refractivity contribution is 8.01. The fraction of sp³-hybridized carbons (Fsp3) is 0.500. The van der Waals surface area contributed by atoms with Gasteiger partial charge in [-0.15, -0.1) is 0 Å². The van der Waals surface area contributed by atoms with E-state index in [1.165, 1.54) is 0 Å². The highest BCUT2D eigenvalue weighted by atomic mass is 32.2. The first kappa shape index (κ1) is 21.6. The van der Waals surface area contributed by atoms with Crippen molar-refractivity contribution in [1.82, 2.24) is 19.5 Å². The maximum Gasteiger partial charge on any atom is 0.318 e. The molecular weight excluding hydrogens is 384 g/mol. The number of hydrogen-bond acceptors (Lipinski definition) is 3. The summed E-state index contributed by atoms with van der Waals surface area (Å²) in [4.78, 5) is 19.2. The van der Waals surface area contributed by atoms with Crippen molar-refractivity contribution >= 4 is 21.6 Å². The van der Waals surface area contributed by atoms with Crippen LogP contribution < -0.4 is 5.32 Å². The van der Waals surface area contributed by atoms with Gasteiger partial charge in [-0.1, -0.05) is 26.0 Å². The fourth-order valence-electron chi connectivity index (χ4n) is 3.78. The zero-order valence-corrected chi connectivity index (χ0v) is 18.3. The van der Waals surface area contributed by atoms with Gasteiger partial charge >= 0.3 is 6.03 Å². The van der Waals surface area contributed by atoms with E-state index in [2.05, 4.69) is 36.1 Å². The smallest absolute Gasteiger partial charge is 0.318 e. The Labute approximate surface area is 174 Å². The van der Waals surface area contributed by atoms with E-state index in [4.69, 9.17) is 0 Å². The van der Waals surface area contributed by atoms with E-state index in [0.29, 0.717) is 19.6 Å². The van der Waals surface area contributed by atoms with Crippen LogP contribution in [0.3, 0.4) is 0 Å². The van der Waals surface area contributed by atoms with Gasteiger partial charge in [-0.25, -0.2) is 13.3 Å². The average molecular weight is 417 g/mol. The summed E-state index contributed by atoms with van der Waals surface area (Å²) in [7, 11) is -2.44. The van der Waals surface area contributed by atoms with E-state index in [0.717, 1.165) is 48.4 Å². The monoisotopic (exact) mass is 416 g/mol. The molecule has 0 saturated carbocycles. The van der Waals surface area contributed by atoms with Crippen LogP contribution in [-0.2, 0) is 22.8 Å². The molecule has 7 heteroatoms. The second kappa shape index (κ2) is 9.59. The van der Waals surface area contributed by atoms with Gasteiger partial charge in [0, 0.05) is 50.0 Å². The second-order valence-electron chi connectivity index (χ2n) is 7.72. The summed E-state index contributed by atoms with van der Waals surface area (Å²) in [6.45, 7) is 7.56. The molecule has 1 N–H and O–H groups in total. The quantitative estimate of drug-likeness (QED) is 0.661. The summed E-state index contributed by atoms with van der Waals surface area (Å²) in [6, 6.07) is 1.91. The van der Waals surface area contributed by atoms with Crippen molar-refractivity contribution in [3.05, 3.63) is 52.7 Å². The zero-order chi connectivity index (χ0) is 20.9. The van der Waals surface area contributed by atoms with Crippen molar-refractivity contribution in [3.63, 3.8) is 0 Å². The number of allylic oxidation sites excluding steroid dienone is 2. The highest BCUT2D eigenvalue weighted by Crippen LogP contribution is 2.24. The van der Waals surface area contributed by atoms with Crippen LogP contribution in [0, 0.1) is 5.92 Å². The Morgan fingerprint density at radius 1 is 1.31 bits per heavy atom. The van der Waals surface area contributed by atoms with Gasteiger partial charge in [0.15, 0.2) is 0 Å². The number of aromatic nitrogens is 1. The van der Waals surface area contributed by atoms with E-state index in [-0.39, 0.29) is 11.9 Å². The number of fused-ring (bicyclic) bond motifs is 1. The molecule has 0 spiro atoms. The molecule has 1 aliphatic heterocycles. The van der Waals surface area contributed by atoms with Gasteiger partial charge < -0.3 is 10.2 Å². The summed E-state index contributed by atoms with van der Waals surface area (Å²) >= 11 is 0. The molecule has 1 aromatic rings. The lowest BCUT2D eigenvalue weighted by Crippen LogP contribution is -2.39. The average Bonchev–Trinajstić information content (AvgIpc) is 3.16. The lowest BCUT2D eigenvalue weighted by atomic mass is 10.0. The van der Waals surface area contributed by atoms with Gasteiger partial charge in [-0.2, -0.15) is 0 Å². The molecule has 0 fully saturated rings. The number of pyridine rings is 1. The van der Waals surface area contributed by atoms with E-state index in [9.17, 15) is 9.00 Å².